The molecule has 3 N–H and O–H groups in total. The minimum atomic E-state index is -5.08. The lowest BCUT2D eigenvalue weighted by Crippen LogP contribution is -2.45. The lowest BCUT2D eigenvalue weighted by molar-refractivity contribution is -0.193. The number of carboxylic acid groups (broad SMARTS) is 3. The van der Waals surface area contributed by atoms with Crippen molar-refractivity contribution in [3.05, 3.63) is 30.1 Å². The van der Waals surface area contributed by atoms with Gasteiger partial charge in [0.2, 0.25) is 0 Å². The minimum absolute atomic E-state index is 0.108. The van der Waals surface area contributed by atoms with Gasteiger partial charge in [-0.1, -0.05) is 6.07 Å². The van der Waals surface area contributed by atoms with Crippen molar-refractivity contribution in [3.63, 3.8) is 0 Å². The fourth-order valence-corrected chi connectivity index (χ4v) is 4.37. The smallest absolute Gasteiger partial charge is 0.475 e. The highest BCUT2D eigenvalue weighted by atomic mass is 19.4. The largest absolute Gasteiger partial charge is 0.490 e. The van der Waals surface area contributed by atoms with E-state index in [9.17, 15) is 39.5 Å². The number of ether oxygens (including phenoxy) is 2. The van der Waals surface area contributed by atoms with Crippen LogP contribution < -0.4 is 0 Å². The molecule has 3 aliphatic rings. The molecule has 1 spiro atoms. The van der Waals surface area contributed by atoms with E-state index in [1.54, 1.807) is 0 Å². The monoisotopic (exact) mass is 673 g/mol. The molecule has 3 aliphatic heterocycles. The molecule has 0 amide bonds. The Kier molecular flexibility index (Phi) is 15.4. The number of aliphatic carboxylic acids is 3. The summed E-state index contributed by atoms with van der Waals surface area (Å²) in [6.45, 7) is 8.00. The van der Waals surface area contributed by atoms with Gasteiger partial charge in [-0.25, -0.2) is 14.4 Å². The Morgan fingerprint density at radius 2 is 1.38 bits per heavy atom. The van der Waals surface area contributed by atoms with Crippen molar-refractivity contribution >= 4 is 17.9 Å². The van der Waals surface area contributed by atoms with Gasteiger partial charge in [-0.15, -0.1) is 0 Å². The Balaban J connectivity index is 0.000000396. The molecule has 20 heteroatoms. The van der Waals surface area contributed by atoms with Crippen molar-refractivity contribution in [3.8, 4) is 0 Å². The van der Waals surface area contributed by atoms with Crippen LogP contribution in [0.2, 0.25) is 0 Å². The van der Waals surface area contributed by atoms with E-state index in [1.807, 2.05) is 18.5 Å². The Labute approximate surface area is 250 Å². The predicted molar refractivity (Wildman–Crippen MR) is 134 cm³/mol. The van der Waals surface area contributed by atoms with E-state index >= 15 is 0 Å². The summed E-state index contributed by atoms with van der Waals surface area (Å²) >= 11 is 0. The van der Waals surface area contributed by atoms with Crippen LogP contribution in [0, 0.1) is 0 Å². The Morgan fingerprint density at radius 1 is 0.867 bits per heavy atom. The summed E-state index contributed by atoms with van der Waals surface area (Å²) in [4.78, 5) is 36.0. The van der Waals surface area contributed by atoms with Gasteiger partial charge < -0.3 is 29.7 Å². The van der Waals surface area contributed by atoms with Gasteiger partial charge in [0, 0.05) is 38.6 Å². The molecule has 0 bridgehead atoms. The number of pyridine rings is 1. The number of rotatable bonds is 4. The van der Waals surface area contributed by atoms with E-state index < -0.39 is 36.4 Å². The first-order valence-electron chi connectivity index (χ1n) is 13.1. The zero-order chi connectivity index (χ0) is 34.5. The number of carboxylic acids is 3. The summed E-state index contributed by atoms with van der Waals surface area (Å²) in [7, 11) is 0. The first kappa shape index (κ1) is 39.8. The van der Waals surface area contributed by atoms with Crippen LogP contribution in [0.5, 0.6) is 0 Å². The lowest BCUT2D eigenvalue weighted by Gasteiger charge is -2.32. The van der Waals surface area contributed by atoms with Crippen molar-refractivity contribution in [1.82, 2.24) is 14.8 Å². The van der Waals surface area contributed by atoms with Crippen LogP contribution >= 0.6 is 0 Å². The van der Waals surface area contributed by atoms with Crippen molar-refractivity contribution < 1.29 is 78.7 Å². The second kappa shape index (κ2) is 17.5. The number of aromatic nitrogens is 1. The summed E-state index contributed by atoms with van der Waals surface area (Å²) < 4.78 is 108. The molecule has 2 atom stereocenters. The number of halogens is 9. The van der Waals surface area contributed by atoms with E-state index in [2.05, 4.69) is 20.9 Å². The van der Waals surface area contributed by atoms with Crippen molar-refractivity contribution in [2.75, 3.05) is 45.9 Å². The highest BCUT2D eigenvalue weighted by Crippen LogP contribution is 2.34. The van der Waals surface area contributed by atoms with E-state index in [1.165, 1.54) is 37.9 Å². The topological polar surface area (TPSA) is 150 Å². The van der Waals surface area contributed by atoms with Crippen LogP contribution in [0.4, 0.5) is 39.5 Å². The third-order valence-corrected chi connectivity index (χ3v) is 6.28. The summed E-state index contributed by atoms with van der Waals surface area (Å²) in [5.74, 6) is -8.27. The molecule has 0 radical (unpaired) electrons. The predicted octanol–water partition coefficient (Wildman–Crippen LogP) is 3.83. The first-order chi connectivity index (χ1) is 20.6. The SMILES string of the molecule is O=C(O)C(F)(F)F.O=C(O)C(F)(F)F.O=C(O)C(F)(F)F.c1cncc(CN2CCOCC3(CCC(CN4CCCC4)O3)C2)c1. The van der Waals surface area contributed by atoms with Crippen LogP contribution in [0.1, 0.15) is 31.2 Å². The van der Waals surface area contributed by atoms with Gasteiger partial charge in [-0.3, -0.25) is 9.88 Å². The highest BCUT2D eigenvalue weighted by molar-refractivity contribution is 5.73. The average Bonchev–Trinajstić information content (AvgIpc) is 3.52. The molecule has 258 valence electrons. The van der Waals surface area contributed by atoms with Crippen molar-refractivity contribution in [2.45, 2.75) is 62.5 Å². The Morgan fingerprint density at radius 3 is 1.82 bits per heavy atom. The van der Waals surface area contributed by atoms with Gasteiger partial charge in [0.25, 0.3) is 0 Å². The molecule has 4 heterocycles. The van der Waals surface area contributed by atoms with Crippen LogP contribution in [-0.4, -0.2) is 124 Å². The maximum Gasteiger partial charge on any atom is 0.490 e. The second-order valence-electron chi connectivity index (χ2n) is 10.0. The van der Waals surface area contributed by atoms with Gasteiger partial charge in [-0.2, -0.15) is 39.5 Å². The third kappa shape index (κ3) is 16.1. The summed E-state index contributed by atoms with van der Waals surface area (Å²) in [5, 5.41) is 21.4. The quantitative estimate of drug-likeness (QED) is 0.401. The van der Waals surface area contributed by atoms with Crippen LogP contribution in [0.25, 0.3) is 0 Å². The molecular weight excluding hydrogens is 641 g/mol. The highest BCUT2D eigenvalue weighted by Gasteiger charge is 2.43. The lowest BCUT2D eigenvalue weighted by atomic mass is 10.00. The number of likely N-dealkylation sites (tertiary alicyclic amines) is 1. The number of hydrogen-bond donors (Lipinski definition) is 3. The molecule has 1 aromatic heterocycles. The van der Waals surface area contributed by atoms with Crippen LogP contribution in [-0.2, 0) is 30.4 Å². The molecule has 0 aromatic carbocycles. The minimum Gasteiger partial charge on any atom is -0.475 e. The van der Waals surface area contributed by atoms with Gasteiger partial charge in [0.05, 0.1) is 19.3 Å². The number of hydrogen-bond acceptors (Lipinski definition) is 8. The van der Waals surface area contributed by atoms with E-state index in [0.29, 0.717) is 6.10 Å². The van der Waals surface area contributed by atoms with Crippen LogP contribution in [0.3, 0.4) is 0 Å². The Bertz CT molecular complexity index is 1010. The summed E-state index contributed by atoms with van der Waals surface area (Å²) in [5.41, 5.74) is 1.16. The van der Waals surface area contributed by atoms with Crippen LogP contribution in [0.15, 0.2) is 24.5 Å². The van der Waals surface area contributed by atoms with Gasteiger partial charge in [0.1, 0.15) is 5.60 Å². The molecule has 11 nitrogen and oxygen atoms in total. The number of nitrogens with zero attached hydrogens (tertiary/aromatic N) is 3. The van der Waals surface area contributed by atoms with Gasteiger partial charge in [-0.05, 0) is 50.4 Å². The van der Waals surface area contributed by atoms with E-state index in [0.717, 1.165) is 45.8 Å². The fourth-order valence-electron chi connectivity index (χ4n) is 4.37. The molecule has 0 saturated carbocycles. The molecule has 2 unspecified atom stereocenters. The normalized spacial score (nSPS) is 22.6. The fraction of sp³-hybridized carbons (Fsp3) is 0.680. The number of carbonyl (C=O) groups is 3. The standard InChI is InChI=1S/C19H29N3O2.3C2HF3O2/c1-2-9-21(8-1)14-18-5-6-19(24-18)15-22(10-11-23-16-19)13-17-4-3-7-20-12-17;3*3-2(4,5)1(6)7/h3-4,7,12,18H,1-2,5-6,8-11,13-16H2;3*(H,6,7). The van der Waals surface area contributed by atoms with Crippen molar-refractivity contribution in [2.24, 2.45) is 0 Å². The van der Waals surface area contributed by atoms with Crippen molar-refractivity contribution in [1.29, 1.82) is 0 Å². The molecule has 3 saturated heterocycles. The summed E-state index contributed by atoms with van der Waals surface area (Å²) in [6.07, 6.45) is -6.09. The summed E-state index contributed by atoms with van der Waals surface area (Å²) in [6, 6.07) is 4.16. The van der Waals surface area contributed by atoms with Gasteiger partial charge >= 0.3 is 36.4 Å². The maximum atomic E-state index is 10.6. The molecule has 3 fully saturated rings. The first-order valence-corrected chi connectivity index (χ1v) is 13.1. The Hall–Kier alpha value is -3.23. The molecule has 0 aliphatic carbocycles. The second-order valence-corrected chi connectivity index (χ2v) is 10.0. The average molecular weight is 674 g/mol. The third-order valence-electron chi connectivity index (χ3n) is 6.28. The zero-order valence-electron chi connectivity index (χ0n) is 23.5. The van der Waals surface area contributed by atoms with Gasteiger partial charge in [0.15, 0.2) is 0 Å². The maximum absolute atomic E-state index is 10.6. The molecular formula is C25H32F9N3O8. The molecule has 45 heavy (non-hydrogen) atoms. The molecule has 4 rings (SSSR count). The zero-order valence-corrected chi connectivity index (χ0v) is 23.5. The number of alkyl halides is 9. The van der Waals surface area contributed by atoms with E-state index in [-0.39, 0.29) is 5.60 Å². The van der Waals surface area contributed by atoms with E-state index in [4.69, 9.17) is 39.2 Å². The molecule has 1 aromatic rings.